The van der Waals surface area contributed by atoms with Gasteiger partial charge in [0.15, 0.2) is 0 Å². The van der Waals surface area contributed by atoms with E-state index in [1.807, 2.05) is 17.8 Å². The number of anilines is 3. The number of furan rings is 1. The fourth-order valence-electron chi connectivity index (χ4n) is 15.9. The minimum atomic E-state index is -0.305. The van der Waals surface area contributed by atoms with E-state index in [0.717, 1.165) is 138 Å². The lowest BCUT2D eigenvalue weighted by Crippen LogP contribution is -2.60. The number of rotatable bonds is 7. The van der Waals surface area contributed by atoms with Gasteiger partial charge in [-0.25, -0.2) is 0 Å². The summed E-state index contributed by atoms with van der Waals surface area (Å²) in [6.07, 6.45) is 0. The summed E-state index contributed by atoms with van der Waals surface area (Å²) in [6, 6.07) is 102. The number of hydrogen-bond acceptors (Lipinski definition) is 4. The van der Waals surface area contributed by atoms with E-state index in [9.17, 15) is 5.26 Å². The molecule has 0 saturated heterocycles. The summed E-state index contributed by atoms with van der Waals surface area (Å²) >= 11 is 1.83. The molecule has 0 bridgehead atoms. The Labute approximate surface area is 576 Å². The third kappa shape index (κ3) is 9.29. The van der Waals surface area contributed by atoms with E-state index in [1.165, 1.54) is 43.9 Å². The zero-order chi connectivity index (χ0) is 66.7. The molecular weight excluding hydrogens is 1210 g/mol. The van der Waals surface area contributed by atoms with Crippen LogP contribution < -0.4 is 21.3 Å². The predicted octanol–water partition coefficient (Wildman–Crippen LogP) is 23.0. The molecule has 0 radical (unpaired) electrons. The van der Waals surface area contributed by atoms with Crippen LogP contribution in [0.3, 0.4) is 0 Å². The summed E-state index contributed by atoms with van der Waals surface area (Å²) in [5.74, 6) is 0. The molecule has 2 aliphatic rings. The number of fused-ring (bicyclic) bond motifs is 14. The second-order valence-corrected chi connectivity index (χ2v) is 31.0. The fourth-order valence-corrected chi connectivity index (χ4v) is 17.1. The lowest BCUT2D eigenvalue weighted by Gasteiger charge is -2.43. The molecule has 13 aromatic carbocycles. The summed E-state index contributed by atoms with van der Waals surface area (Å²) in [5, 5.41) is 17.3. The van der Waals surface area contributed by atoms with E-state index in [1.54, 1.807) is 0 Å². The maximum Gasteiger partial charge on any atom is 0.249 e. The first kappa shape index (κ1) is 59.5. The van der Waals surface area contributed by atoms with Crippen LogP contribution in [0.25, 0.3) is 121 Å². The predicted molar refractivity (Wildman–Crippen MR) is 415 cm³/mol. The number of hydrogen-bond donors (Lipinski definition) is 0. The van der Waals surface area contributed by atoms with Crippen LogP contribution in [-0.2, 0) is 16.2 Å². The SMILES string of the molecule is CC(C)(C)c1cc(-c2ccccc2)c(N2c3cc(-n4c5ccc(C(C)(C)C)cc5c5cc(C(C)(C)C)ccc54)c(-c4ccccc4)cc3B3c4cc(-c5ccccc5)c5c(oc6ccccc65)c4Sc4cc(-n5c6ccccc6c6cc(C#N)ccc65)cc2c43)c(-c2ccccc2)c1. The molecule has 0 unspecified atom stereocenters. The van der Waals surface area contributed by atoms with Crippen molar-refractivity contribution in [3.8, 4) is 62.0 Å². The summed E-state index contributed by atoms with van der Waals surface area (Å²) in [7, 11) is 0. The largest absolute Gasteiger partial charge is 0.455 e. The van der Waals surface area contributed by atoms with Crippen molar-refractivity contribution in [2.45, 2.75) is 88.3 Å². The van der Waals surface area contributed by atoms with Crippen molar-refractivity contribution < 1.29 is 4.42 Å². The van der Waals surface area contributed by atoms with E-state index < -0.39 is 0 Å². The van der Waals surface area contributed by atoms with Crippen molar-refractivity contribution in [2.75, 3.05) is 4.90 Å². The summed E-state index contributed by atoms with van der Waals surface area (Å²) < 4.78 is 12.4. The number of nitrogens with zero attached hydrogens (tertiary/aromatic N) is 4. The molecule has 2 aliphatic heterocycles. The molecule has 18 rings (SSSR count). The van der Waals surface area contributed by atoms with Crippen molar-refractivity contribution in [2.24, 2.45) is 0 Å². The molecular formula is C91H71BN4OS. The van der Waals surface area contributed by atoms with Gasteiger partial charge in [0.2, 0.25) is 6.71 Å². The Morgan fingerprint density at radius 2 is 0.878 bits per heavy atom. The van der Waals surface area contributed by atoms with E-state index in [4.69, 9.17) is 4.42 Å². The number of para-hydroxylation sites is 2. The van der Waals surface area contributed by atoms with Gasteiger partial charge in [0.25, 0.3) is 0 Å². The normalized spacial score (nSPS) is 13.1. The molecule has 0 spiro atoms. The molecule has 98 heavy (non-hydrogen) atoms. The third-order valence-corrected chi connectivity index (χ3v) is 22.0. The minimum absolute atomic E-state index is 0.0893. The Kier molecular flexibility index (Phi) is 13.3. The fraction of sp³-hybridized carbons (Fsp3) is 0.132. The lowest BCUT2D eigenvalue weighted by atomic mass is 9.34. The topological polar surface area (TPSA) is 50.0 Å². The third-order valence-electron chi connectivity index (χ3n) is 20.8. The molecule has 0 aliphatic carbocycles. The average molecular weight is 1280 g/mol. The lowest BCUT2D eigenvalue weighted by molar-refractivity contribution is 0.590. The van der Waals surface area contributed by atoms with Gasteiger partial charge < -0.3 is 18.5 Å². The van der Waals surface area contributed by atoms with Crippen LogP contribution in [0, 0.1) is 11.3 Å². The maximum atomic E-state index is 10.5. The summed E-state index contributed by atoms with van der Waals surface area (Å²) in [5.41, 5.74) is 28.2. The van der Waals surface area contributed by atoms with E-state index in [0.29, 0.717) is 5.56 Å². The van der Waals surface area contributed by atoms with E-state index in [2.05, 4.69) is 343 Å². The molecule has 0 saturated carbocycles. The van der Waals surface area contributed by atoms with Crippen LogP contribution in [0.2, 0.25) is 0 Å². The summed E-state index contributed by atoms with van der Waals surface area (Å²) in [4.78, 5) is 4.95. The van der Waals surface area contributed by atoms with Gasteiger partial charge in [0.1, 0.15) is 11.2 Å². The van der Waals surface area contributed by atoms with Gasteiger partial charge in [0.05, 0.1) is 50.0 Å². The molecule has 0 fully saturated rings. The van der Waals surface area contributed by atoms with Crippen molar-refractivity contribution in [3.63, 3.8) is 0 Å². The molecule has 7 heteroatoms. The van der Waals surface area contributed by atoms with Crippen LogP contribution in [0.1, 0.15) is 84.6 Å². The zero-order valence-electron chi connectivity index (χ0n) is 56.6. The van der Waals surface area contributed by atoms with Gasteiger partial charge in [-0.3, -0.25) is 0 Å². The highest BCUT2D eigenvalue weighted by Crippen LogP contribution is 2.54. The molecule has 470 valence electrons. The van der Waals surface area contributed by atoms with Gasteiger partial charge in [0, 0.05) is 71.0 Å². The van der Waals surface area contributed by atoms with Crippen molar-refractivity contribution >= 4 is 117 Å². The molecule has 16 aromatic rings. The first-order valence-corrected chi connectivity index (χ1v) is 35.0. The van der Waals surface area contributed by atoms with Gasteiger partial charge >= 0.3 is 0 Å². The molecule has 0 atom stereocenters. The first-order valence-electron chi connectivity index (χ1n) is 34.2. The summed E-state index contributed by atoms with van der Waals surface area (Å²) in [6.45, 7) is 20.7. The Morgan fingerprint density at radius 3 is 1.46 bits per heavy atom. The highest BCUT2D eigenvalue weighted by Gasteiger charge is 2.45. The molecule has 5 heterocycles. The second-order valence-electron chi connectivity index (χ2n) is 29.9. The molecule has 5 nitrogen and oxygen atoms in total. The van der Waals surface area contributed by atoms with E-state index >= 15 is 0 Å². The van der Waals surface area contributed by atoms with Crippen molar-refractivity contribution in [1.82, 2.24) is 9.13 Å². The van der Waals surface area contributed by atoms with Gasteiger partial charge in [-0.15, -0.1) is 0 Å². The Balaban J connectivity index is 1.06. The van der Waals surface area contributed by atoms with E-state index in [-0.39, 0.29) is 23.0 Å². The number of nitriles is 1. The van der Waals surface area contributed by atoms with Gasteiger partial charge in [-0.05, 0) is 157 Å². The monoisotopic (exact) mass is 1280 g/mol. The molecule has 0 N–H and O–H groups in total. The first-order chi connectivity index (χ1) is 47.5. The maximum absolute atomic E-state index is 10.5. The highest BCUT2D eigenvalue weighted by molar-refractivity contribution is 8.00. The van der Waals surface area contributed by atoms with Crippen molar-refractivity contribution in [3.05, 3.63) is 289 Å². The van der Waals surface area contributed by atoms with Crippen molar-refractivity contribution in [1.29, 1.82) is 5.26 Å². The smallest absolute Gasteiger partial charge is 0.249 e. The number of aromatic nitrogens is 2. The van der Waals surface area contributed by atoms with Gasteiger partial charge in [-0.1, -0.05) is 262 Å². The minimum Gasteiger partial charge on any atom is -0.455 e. The van der Waals surface area contributed by atoms with Crippen LogP contribution >= 0.6 is 11.8 Å². The Hall–Kier alpha value is -11.0. The van der Waals surface area contributed by atoms with Crippen LogP contribution in [0.4, 0.5) is 17.1 Å². The van der Waals surface area contributed by atoms with Gasteiger partial charge in [-0.2, -0.15) is 5.26 Å². The quantitative estimate of drug-likeness (QED) is 0.149. The Bertz CT molecular complexity index is 5900. The molecule has 0 amide bonds. The second kappa shape index (κ2) is 22.0. The highest BCUT2D eigenvalue weighted by atomic mass is 32.2. The molecule has 3 aromatic heterocycles. The standard InChI is InChI=1S/C91H71BN4OS/c1-89(2,3)60-39-42-77-71(45-60)72-46-61(90(4,5)6)40-43-78(72)95(77)79-53-80-73(51-66(79)56-26-14-10-15-27-56)92-74-52-67(57-28-16-11-17-29-57)84-65-35-23-25-37-82(65)97-87(84)88(74)98-83-50-63(94-75-36-24-22-34-64(75)70-44-55(54-93)38-41-76(70)94)49-81(85(83)92)96(80)86-68(58-30-18-12-19-31-58)47-62(91(7,8)9)48-69(86)59-32-20-13-21-33-59/h10-53H,1-9H3. The van der Waals surface area contributed by atoms with Crippen LogP contribution in [-0.4, -0.2) is 15.8 Å². The number of benzene rings is 13. The zero-order valence-corrected chi connectivity index (χ0v) is 57.4. The van der Waals surface area contributed by atoms with Crippen LogP contribution in [0.5, 0.6) is 0 Å². The van der Waals surface area contributed by atoms with Crippen LogP contribution in [0.15, 0.2) is 281 Å². The Morgan fingerprint density at radius 1 is 0.388 bits per heavy atom. The average Bonchev–Trinajstić information content (AvgIpc) is 1.03.